The highest BCUT2D eigenvalue weighted by molar-refractivity contribution is 5.90. The maximum atomic E-state index is 9.97. The Balaban J connectivity index is 1.26. The number of nitrogen functional groups attached to an aromatic ring is 2. The summed E-state index contributed by atoms with van der Waals surface area (Å²) < 4.78 is 12.0. The van der Waals surface area contributed by atoms with E-state index in [1.165, 1.54) is 33.7 Å². The monoisotopic (exact) mass is 564 g/mol. The highest BCUT2D eigenvalue weighted by Crippen LogP contribution is 2.43. The largest absolute Gasteiger partial charge is 0.506 e. The molecule has 6 heteroatoms. The number of phenols is 2. The number of phenolic OH excluding ortho intramolecular Hbond substituents is 2. The van der Waals surface area contributed by atoms with Crippen LogP contribution in [0.1, 0.15) is 11.1 Å². The summed E-state index contributed by atoms with van der Waals surface area (Å²) in [6.45, 7) is 0. The zero-order chi connectivity index (χ0) is 29.6. The molecule has 6 N–H and O–H groups in total. The van der Waals surface area contributed by atoms with Crippen molar-refractivity contribution in [2.75, 3.05) is 11.5 Å². The van der Waals surface area contributed by atoms with Crippen LogP contribution in [0.4, 0.5) is 11.4 Å². The van der Waals surface area contributed by atoms with Gasteiger partial charge < -0.3 is 31.2 Å². The SMILES string of the molecule is Nc1ccc(Oc2ccc(C3(c4ccc(Oc5ccc(N)c(O)c5)cc4)C=CC4=c5ccccc5=CC4=C3)cc2)cc1O. The maximum Gasteiger partial charge on any atom is 0.142 e. The Labute approximate surface area is 248 Å². The van der Waals surface area contributed by atoms with E-state index < -0.39 is 5.41 Å². The van der Waals surface area contributed by atoms with Gasteiger partial charge in [-0.25, -0.2) is 0 Å². The van der Waals surface area contributed by atoms with E-state index in [0.29, 0.717) is 34.4 Å². The fourth-order valence-corrected chi connectivity index (χ4v) is 5.65. The van der Waals surface area contributed by atoms with Crippen LogP contribution in [-0.2, 0) is 5.41 Å². The summed E-state index contributed by atoms with van der Waals surface area (Å²) in [5.74, 6) is 2.23. The second-order valence-electron chi connectivity index (χ2n) is 10.6. The zero-order valence-corrected chi connectivity index (χ0v) is 23.1. The normalized spacial score (nSPS) is 14.3. The molecule has 7 rings (SSSR count). The van der Waals surface area contributed by atoms with Gasteiger partial charge in [0.05, 0.1) is 16.8 Å². The van der Waals surface area contributed by atoms with Crippen LogP contribution >= 0.6 is 0 Å². The number of anilines is 2. The molecule has 0 fully saturated rings. The van der Waals surface area contributed by atoms with Gasteiger partial charge >= 0.3 is 0 Å². The van der Waals surface area contributed by atoms with Gasteiger partial charge in [0.15, 0.2) is 0 Å². The fourth-order valence-electron chi connectivity index (χ4n) is 5.65. The predicted molar refractivity (Wildman–Crippen MR) is 170 cm³/mol. The van der Waals surface area contributed by atoms with Crippen molar-refractivity contribution in [3.63, 3.8) is 0 Å². The molecule has 0 radical (unpaired) electrons. The van der Waals surface area contributed by atoms with E-state index in [0.717, 1.165) is 11.1 Å². The van der Waals surface area contributed by atoms with Crippen LogP contribution in [0.3, 0.4) is 0 Å². The van der Waals surface area contributed by atoms with Crippen molar-refractivity contribution in [2.24, 2.45) is 0 Å². The summed E-state index contributed by atoms with van der Waals surface area (Å²) in [6, 6.07) is 34.0. The van der Waals surface area contributed by atoms with E-state index in [-0.39, 0.29) is 11.5 Å². The Morgan fingerprint density at radius 1 is 0.581 bits per heavy atom. The van der Waals surface area contributed by atoms with Gasteiger partial charge in [0.2, 0.25) is 0 Å². The number of aromatic hydroxyl groups is 2. The summed E-state index contributed by atoms with van der Waals surface area (Å²) in [5, 5.41) is 22.4. The molecular weight excluding hydrogens is 536 g/mol. The molecule has 43 heavy (non-hydrogen) atoms. The summed E-state index contributed by atoms with van der Waals surface area (Å²) in [6.07, 6.45) is 8.99. The number of hydrogen-bond donors (Lipinski definition) is 4. The Bertz CT molecular complexity index is 1960. The second-order valence-corrected chi connectivity index (χ2v) is 10.6. The standard InChI is InChI=1S/C37H28N2O4/c38-33-15-13-29(20-35(33)40)42-27-9-5-25(6-10-27)37(18-17-32-24(22-37)19-23-3-1-2-4-31(23)32)26-7-11-28(12-8-26)43-30-14-16-34(39)36(41)21-30/h1-22,40-41H,38-39H2. The van der Waals surface area contributed by atoms with Crippen LogP contribution in [0, 0.1) is 0 Å². The summed E-state index contributed by atoms with van der Waals surface area (Å²) >= 11 is 0. The third kappa shape index (κ3) is 4.75. The third-order valence-corrected chi connectivity index (χ3v) is 7.91. The van der Waals surface area contributed by atoms with Crippen molar-refractivity contribution in [3.05, 3.63) is 155 Å². The van der Waals surface area contributed by atoms with Crippen molar-refractivity contribution in [3.8, 4) is 34.5 Å². The highest BCUT2D eigenvalue weighted by Gasteiger charge is 2.33. The molecular formula is C37H28N2O4. The van der Waals surface area contributed by atoms with Crippen LogP contribution in [0.5, 0.6) is 34.5 Å². The van der Waals surface area contributed by atoms with E-state index in [1.807, 2.05) is 24.3 Å². The van der Waals surface area contributed by atoms with E-state index in [4.69, 9.17) is 20.9 Å². The van der Waals surface area contributed by atoms with Crippen LogP contribution in [0.2, 0.25) is 0 Å². The molecule has 5 aromatic carbocycles. The van der Waals surface area contributed by atoms with E-state index >= 15 is 0 Å². The lowest BCUT2D eigenvalue weighted by Crippen LogP contribution is -2.26. The van der Waals surface area contributed by atoms with Crippen molar-refractivity contribution in [1.82, 2.24) is 0 Å². The molecule has 0 saturated heterocycles. The number of nitrogens with two attached hydrogens (primary N) is 2. The lowest BCUT2D eigenvalue weighted by Gasteiger charge is -2.33. The summed E-state index contributed by atoms with van der Waals surface area (Å²) in [4.78, 5) is 0. The Hall–Kier alpha value is -5.88. The molecule has 0 atom stereocenters. The van der Waals surface area contributed by atoms with Gasteiger partial charge in [-0.15, -0.1) is 0 Å². The average Bonchev–Trinajstić information content (AvgIpc) is 3.39. The van der Waals surface area contributed by atoms with E-state index in [9.17, 15) is 10.2 Å². The van der Waals surface area contributed by atoms with Gasteiger partial charge in [-0.2, -0.15) is 0 Å². The van der Waals surface area contributed by atoms with Gasteiger partial charge in [-0.1, -0.05) is 66.8 Å². The van der Waals surface area contributed by atoms with Crippen LogP contribution in [0.25, 0.3) is 11.6 Å². The molecule has 2 aliphatic rings. The number of hydrogen-bond acceptors (Lipinski definition) is 6. The van der Waals surface area contributed by atoms with Gasteiger partial charge in [0, 0.05) is 12.1 Å². The quantitative estimate of drug-likeness (QED) is 0.143. The Morgan fingerprint density at radius 3 is 1.63 bits per heavy atom. The molecule has 0 bridgehead atoms. The lowest BCUT2D eigenvalue weighted by molar-refractivity contribution is 0.456. The number of ether oxygens (including phenoxy) is 2. The molecule has 2 aliphatic carbocycles. The van der Waals surface area contributed by atoms with Gasteiger partial charge in [-0.05, 0) is 87.3 Å². The zero-order valence-electron chi connectivity index (χ0n) is 23.1. The first-order chi connectivity index (χ1) is 20.9. The van der Waals surface area contributed by atoms with Crippen molar-refractivity contribution >= 4 is 23.0 Å². The molecule has 0 heterocycles. The minimum Gasteiger partial charge on any atom is -0.506 e. The van der Waals surface area contributed by atoms with E-state index in [2.05, 4.69) is 72.8 Å². The first-order valence-corrected chi connectivity index (χ1v) is 13.9. The molecule has 0 amide bonds. The lowest BCUT2D eigenvalue weighted by atomic mass is 9.70. The Kier molecular flexibility index (Phi) is 6.17. The van der Waals surface area contributed by atoms with Gasteiger partial charge in [-0.3, -0.25) is 0 Å². The number of allylic oxidation sites excluding steroid dienone is 4. The Morgan fingerprint density at radius 2 is 1.09 bits per heavy atom. The minimum absolute atomic E-state index is 0.0199. The molecule has 5 aromatic rings. The molecule has 0 unspecified atom stereocenters. The third-order valence-electron chi connectivity index (χ3n) is 7.91. The minimum atomic E-state index is -0.562. The van der Waals surface area contributed by atoms with Gasteiger partial charge in [0.1, 0.15) is 34.5 Å². The van der Waals surface area contributed by atoms with E-state index in [1.54, 1.807) is 24.3 Å². The predicted octanol–water partition coefficient (Wildman–Crippen LogP) is 6.27. The van der Waals surface area contributed by atoms with Crippen LogP contribution in [-0.4, -0.2) is 10.2 Å². The summed E-state index contributed by atoms with van der Waals surface area (Å²) in [7, 11) is 0. The average molecular weight is 565 g/mol. The van der Waals surface area contributed by atoms with Crippen molar-refractivity contribution < 1.29 is 19.7 Å². The first kappa shape index (κ1) is 26.0. The number of fused-ring (bicyclic) bond motifs is 2. The van der Waals surface area contributed by atoms with Gasteiger partial charge in [0.25, 0.3) is 0 Å². The molecule has 210 valence electrons. The smallest absolute Gasteiger partial charge is 0.142 e. The second kappa shape index (κ2) is 10.2. The topological polar surface area (TPSA) is 111 Å². The molecule has 0 aliphatic heterocycles. The summed E-state index contributed by atoms with van der Waals surface area (Å²) in [5.41, 5.74) is 16.0. The number of rotatable bonds is 6. The molecule has 0 aromatic heterocycles. The van der Waals surface area contributed by atoms with Crippen molar-refractivity contribution in [1.29, 1.82) is 0 Å². The molecule has 0 spiro atoms. The van der Waals surface area contributed by atoms with Crippen molar-refractivity contribution in [2.45, 2.75) is 5.41 Å². The fraction of sp³-hybridized carbons (Fsp3) is 0.0270. The van der Waals surface area contributed by atoms with Crippen LogP contribution < -0.4 is 31.4 Å². The molecule has 6 nitrogen and oxygen atoms in total. The first-order valence-electron chi connectivity index (χ1n) is 13.9. The molecule has 0 saturated carbocycles. The number of benzene rings is 5. The maximum absolute atomic E-state index is 9.97. The highest BCUT2D eigenvalue weighted by atomic mass is 16.5. The van der Waals surface area contributed by atoms with Crippen LogP contribution in [0.15, 0.2) is 133 Å².